The SMILES string of the molecule is O=C1CCCCc2nc(N3CCCCC3)ncc21. The van der Waals surface area contributed by atoms with Gasteiger partial charge in [-0.05, 0) is 38.5 Å². The van der Waals surface area contributed by atoms with Crippen LogP contribution in [0.15, 0.2) is 6.20 Å². The second-order valence-corrected chi connectivity index (χ2v) is 5.21. The third-order valence-corrected chi connectivity index (χ3v) is 3.86. The molecule has 0 atom stereocenters. The fourth-order valence-electron chi connectivity index (χ4n) is 2.79. The van der Waals surface area contributed by atoms with Crippen molar-refractivity contribution in [3.05, 3.63) is 17.5 Å². The molecule has 1 aliphatic heterocycles. The molecule has 0 aromatic carbocycles. The first-order valence-corrected chi connectivity index (χ1v) is 6.98. The molecule has 2 heterocycles. The van der Waals surface area contributed by atoms with Crippen molar-refractivity contribution in [2.24, 2.45) is 0 Å². The molecule has 96 valence electrons. The maximum absolute atomic E-state index is 11.9. The lowest BCUT2D eigenvalue weighted by Gasteiger charge is -2.27. The molecule has 0 saturated carbocycles. The molecule has 4 heteroatoms. The van der Waals surface area contributed by atoms with Crippen LogP contribution in [0.4, 0.5) is 5.95 Å². The molecule has 1 aromatic rings. The largest absolute Gasteiger partial charge is 0.341 e. The number of carbonyl (C=O) groups excluding carboxylic acids is 1. The van der Waals surface area contributed by atoms with E-state index in [1.165, 1.54) is 19.3 Å². The number of rotatable bonds is 1. The van der Waals surface area contributed by atoms with Gasteiger partial charge in [-0.1, -0.05) is 0 Å². The second kappa shape index (κ2) is 5.04. The summed E-state index contributed by atoms with van der Waals surface area (Å²) in [5.74, 6) is 1.04. The van der Waals surface area contributed by atoms with E-state index >= 15 is 0 Å². The van der Waals surface area contributed by atoms with Gasteiger partial charge in [0.15, 0.2) is 5.78 Å². The molecule has 2 aliphatic rings. The molecule has 1 fully saturated rings. The van der Waals surface area contributed by atoms with E-state index in [0.717, 1.165) is 49.6 Å². The van der Waals surface area contributed by atoms with Gasteiger partial charge in [0.05, 0.1) is 11.3 Å². The number of aryl methyl sites for hydroxylation is 1. The third kappa shape index (κ3) is 2.24. The first-order valence-electron chi connectivity index (χ1n) is 6.98. The Morgan fingerprint density at radius 3 is 2.61 bits per heavy atom. The van der Waals surface area contributed by atoms with Gasteiger partial charge in [-0.2, -0.15) is 0 Å². The van der Waals surface area contributed by atoms with Crippen molar-refractivity contribution in [1.82, 2.24) is 9.97 Å². The fourth-order valence-corrected chi connectivity index (χ4v) is 2.79. The highest BCUT2D eigenvalue weighted by Gasteiger charge is 2.20. The topological polar surface area (TPSA) is 46.1 Å². The normalized spacial score (nSPS) is 20.4. The third-order valence-electron chi connectivity index (χ3n) is 3.86. The number of Topliss-reactive ketones (excluding diaryl/α,β-unsaturated/α-hetero) is 1. The van der Waals surface area contributed by atoms with Gasteiger partial charge in [-0.25, -0.2) is 9.97 Å². The van der Waals surface area contributed by atoms with Crippen molar-refractivity contribution in [3.8, 4) is 0 Å². The van der Waals surface area contributed by atoms with Crippen molar-refractivity contribution >= 4 is 11.7 Å². The summed E-state index contributed by atoms with van der Waals surface area (Å²) < 4.78 is 0. The van der Waals surface area contributed by atoms with Gasteiger partial charge >= 0.3 is 0 Å². The van der Waals surface area contributed by atoms with Gasteiger partial charge in [0, 0.05) is 25.7 Å². The van der Waals surface area contributed by atoms with Gasteiger partial charge in [0.25, 0.3) is 0 Å². The van der Waals surface area contributed by atoms with Crippen LogP contribution in [0.5, 0.6) is 0 Å². The molecule has 0 bridgehead atoms. The standard InChI is InChI=1S/C14H19N3O/c18-13-7-3-2-6-12-11(13)10-15-14(16-12)17-8-4-1-5-9-17/h10H,1-9H2. The van der Waals surface area contributed by atoms with Crippen LogP contribution >= 0.6 is 0 Å². The molecule has 1 aliphatic carbocycles. The molecular formula is C14H19N3O. The molecule has 0 spiro atoms. The lowest BCUT2D eigenvalue weighted by Crippen LogP contribution is -2.31. The van der Waals surface area contributed by atoms with Gasteiger partial charge in [0.1, 0.15) is 0 Å². The number of hydrogen-bond acceptors (Lipinski definition) is 4. The summed E-state index contributed by atoms with van der Waals surface area (Å²) in [7, 11) is 0. The lowest BCUT2D eigenvalue weighted by atomic mass is 10.1. The molecule has 0 N–H and O–H groups in total. The van der Waals surface area contributed by atoms with E-state index in [-0.39, 0.29) is 5.78 Å². The minimum Gasteiger partial charge on any atom is -0.341 e. The second-order valence-electron chi connectivity index (χ2n) is 5.21. The first-order chi connectivity index (χ1) is 8.84. The molecule has 3 rings (SSSR count). The predicted octanol–water partition coefficient (Wildman–Crippen LogP) is 2.38. The van der Waals surface area contributed by atoms with Gasteiger partial charge in [0.2, 0.25) is 5.95 Å². The summed E-state index contributed by atoms with van der Waals surface area (Å²) in [4.78, 5) is 23.2. The molecular weight excluding hydrogens is 226 g/mol. The van der Waals surface area contributed by atoms with Crippen LogP contribution in [0.1, 0.15) is 54.6 Å². The first kappa shape index (κ1) is 11.6. The van der Waals surface area contributed by atoms with E-state index in [4.69, 9.17) is 0 Å². The monoisotopic (exact) mass is 245 g/mol. The molecule has 0 unspecified atom stereocenters. The number of piperidine rings is 1. The summed E-state index contributed by atoms with van der Waals surface area (Å²) in [6.07, 6.45) is 9.12. The molecule has 1 aromatic heterocycles. The van der Waals surface area contributed by atoms with E-state index < -0.39 is 0 Å². The Morgan fingerprint density at radius 1 is 1.00 bits per heavy atom. The molecule has 1 saturated heterocycles. The summed E-state index contributed by atoms with van der Waals surface area (Å²) in [5, 5.41) is 0. The minimum absolute atomic E-state index is 0.215. The lowest BCUT2D eigenvalue weighted by molar-refractivity contribution is 0.0981. The smallest absolute Gasteiger partial charge is 0.225 e. The van der Waals surface area contributed by atoms with Crippen molar-refractivity contribution < 1.29 is 4.79 Å². The highest BCUT2D eigenvalue weighted by atomic mass is 16.1. The van der Waals surface area contributed by atoms with E-state index in [0.29, 0.717) is 6.42 Å². The Kier molecular flexibility index (Phi) is 3.26. The molecule has 4 nitrogen and oxygen atoms in total. The molecule has 0 radical (unpaired) electrons. The number of carbonyl (C=O) groups is 1. The highest BCUT2D eigenvalue weighted by Crippen LogP contribution is 2.22. The fraction of sp³-hybridized carbons (Fsp3) is 0.643. The predicted molar refractivity (Wildman–Crippen MR) is 70.0 cm³/mol. The van der Waals surface area contributed by atoms with Gasteiger partial charge in [-0.3, -0.25) is 4.79 Å². The number of anilines is 1. The average Bonchev–Trinajstić information content (AvgIpc) is 2.61. The maximum Gasteiger partial charge on any atom is 0.225 e. The number of aromatic nitrogens is 2. The summed E-state index contributed by atoms with van der Waals surface area (Å²) in [5.41, 5.74) is 1.72. The maximum atomic E-state index is 11.9. The minimum atomic E-state index is 0.215. The number of nitrogens with zero attached hydrogens (tertiary/aromatic N) is 3. The quantitative estimate of drug-likeness (QED) is 0.713. The Hall–Kier alpha value is -1.45. The van der Waals surface area contributed by atoms with Crippen LogP contribution in [0, 0.1) is 0 Å². The van der Waals surface area contributed by atoms with Gasteiger partial charge in [-0.15, -0.1) is 0 Å². The van der Waals surface area contributed by atoms with Crippen molar-refractivity contribution in [3.63, 3.8) is 0 Å². The van der Waals surface area contributed by atoms with Crippen molar-refractivity contribution in [1.29, 1.82) is 0 Å². The Morgan fingerprint density at radius 2 is 1.78 bits per heavy atom. The summed E-state index contributed by atoms with van der Waals surface area (Å²) >= 11 is 0. The van der Waals surface area contributed by atoms with Crippen molar-refractivity contribution in [2.45, 2.75) is 44.9 Å². The summed E-state index contributed by atoms with van der Waals surface area (Å²) in [6, 6.07) is 0. The zero-order chi connectivity index (χ0) is 12.4. The van der Waals surface area contributed by atoms with E-state index in [9.17, 15) is 4.79 Å². The zero-order valence-electron chi connectivity index (χ0n) is 10.7. The van der Waals surface area contributed by atoms with Crippen LogP contribution < -0.4 is 4.90 Å². The van der Waals surface area contributed by atoms with Crippen LogP contribution in [0.25, 0.3) is 0 Å². The Balaban J connectivity index is 1.89. The Labute approximate surface area is 107 Å². The average molecular weight is 245 g/mol. The van der Waals surface area contributed by atoms with Crippen molar-refractivity contribution in [2.75, 3.05) is 18.0 Å². The highest BCUT2D eigenvalue weighted by molar-refractivity contribution is 5.97. The number of hydrogen-bond donors (Lipinski definition) is 0. The van der Waals surface area contributed by atoms with E-state index in [1.807, 2.05) is 0 Å². The van der Waals surface area contributed by atoms with Crippen LogP contribution in [-0.2, 0) is 6.42 Å². The number of fused-ring (bicyclic) bond motifs is 1. The van der Waals surface area contributed by atoms with Crippen LogP contribution in [-0.4, -0.2) is 28.8 Å². The van der Waals surface area contributed by atoms with Crippen LogP contribution in [0.3, 0.4) is 0 Å². The van der Waals surface area contributed by atoms with E-state index in [2.05, 4.69) is 14.9 Å². The summed E-state index contributed by atoms with van der Waals surface area (Å²) in [6.45, 7) is 2.10. The zero-order valence-corrected chi connectivity index (χ0v) is 10.7. The van der Waals surface area contributed by atoms with E-state index in [1.54, 1.807) is 6.20 Å². The molecule has 0 amide bonds. The number of ketones is 1. The van der Waals surface area contributed by atoms with Crippen LogP contribution in [0.2, 0.25) is 0 Å². The Bertz CT molecular complexity index is 452. The molecule has 18 heavy (non-hydrogen) atoms. The van der Waals surface area contributed by atoms with Gasteiger partial charge < -0.3 is 4.90 Å².